The van der Waals surface area contributed by atoms with Gasteiger partial charge in [0.15, 0.2) is 0 Å². The molecule has 0 aliphatic carbocycles. The Labute approximate surface area is 112 Å². The van der Waals surface area contributed by atoms with Crippen LogP contribution in [0.1, 0.15) is 0 Å². The lowest BCUT2D eigenvalue weighted by molar-refractivity contribution is 1.16. The SMILES string of the molecule is Clc1cccc2cnc(-c3ccc(Br)cc3)n12. The van der Waals surface area contributed by atoms with E-state index in [2.05, 4.69) is 20.9 Å². The fraction of sp³-hybridized carbons (Fsp3) is 0. The fourth-order valence-corrected chi connectivity index (χ4v) is 2.33. The van der Waals surface area contributed by atoms with Crippen molar-refractivity contribution in [3.8, 4) is 11.4 Å². The first kappa shape index (κ1) is 10.8. The number of benzene rings is 1. The Bertz CT molecular complexity index is 673. The Kier molecular flexibility index (Phi) is 2.65. The number of imidazole rings is 1. The summed E-state index contributed by atoms with van der Waals surface area (Å²) in [6.07, 6.45) is 1.82. The van der Waals surface area contributed by atoms with Crippen molar-refractivity contribution in [2.45, 2.75) is 0 Å². The molecule has 2 nitrogen and oxygen atoms in total. The third-order valence-corrected chi connectivity index (χ3v) is 3.43. The van der Waals surface area contributed by atoms with Crippen LogP contribution in [0.2, 0.25) is 5.15 Å². The lowest BCUT2D eigenvalue weighted by Gasteiger charge is -2.03. The van der Waals surface area contributed by atoms with Gasteiger partial charge in [0.25, 0.3) is 0 Å². The molecule has 0 amide bonds. The van der Waals surface area contributed by atoms with Crippen LogP contribution in [0.15, 0.2) is 53.1 Å². The van der Waals surface area contributed by atoms with E-state index in [-0.39, 0.29) is 0 Å². The molecule has 3 rings (SSSR count). The molecule has 0 bridgehead atoms. The molecule has 2 heterocycles. The molecule has 0 atom stereocenters. The highest BCUT2D eigenvalue weighted by atomic mass is 79.9. The molecule has 4 heteroatoms. The van der Waals surface area contributed by atoms with Crippen LogP contribution in [0.25, 0.3) is 16.9 Å². The van der Waals surface area contributed by atoms with Gasteiger partial charge in [-0.1, -0.05) is 45.7 Å². The zero-order chi connectivity index (χ0) is 11.8. The van der Waals surface area contributed by atoms with Crippen LogP contribution < -0.4 is 0 Å². The highest BCUT2D eigenvalue weighted by Gasteiger charge is 2.08. The van der Waals surface area contributed by atoms with Gasteiger partial charge in [0, 0.05) is 10.0 Å². The molecule has 1 aromatic carbocycles. The van der Waals surface area contributed by atoms with Gasteiger partial charge in [-0.3, -0.25) is 4.40 Å². The van der Waals surface area contributed by atoms with Crippen LogP contribution in [0, 0.1) is 0 Å². The smallest absolute Gasteiger partial charge is 0.145 e. The van der Waals surface area contributed by atoms with Gasteiger partial charge >= 0.3 is 0 Å². The van der Waals surface area contributed by atoms with Gasteiger partial charge in [-0.25, -0.2) is 4.98 Å². The number of rotatable bonds is 1. The van der Waals surface area contributed by atoms with E-state index in [1.54, 1.807) is 0 Å². The molecular weight excluding hydrogens is 300 g/mol. The highest BCUT2D eigenvalue weighted by Crippen LogP contribution is 2.24. The molecule has 0 radical (unpaired) electrons. The summed E-state index contributed by atoms with van der Waals surface area (Å²) in [4.78, 5) is 4.42. The number of pyridine rings is 1. The molecule has 3 aromatic rings. The van der Waals surface area contributed by atoms with E-state index in [0.29, 0.717) is 5.15 Å². The summed E-state index contributed by atoms with van der Waals surface area (Å²) >= 11 is 9.62. The average Bonchev–Trinajstić information content (AvgIpc) is 2.75. The Morgan fingerprint density at radius 2 is 1.82 bits per heavy atom. The Morgan fingerprint density at radius 1 is 1.06 bits per heavy atom. The molecule has 2 aromatic heterocycles. The van der Waals surface area contributed by atoms with Crippen molar-refractivity contribution in [3.05, 3.63) is 58.3 Å². The molecule has 0 fully saturated rings. The predicted octanol–water partition coefficient (Wildman–Crippen LogP) is 4.42. The summed E-state index contributed by atoms with van der Waals surface area (Å²) in [5.74, 6) is 0.859. The lowest BCUT2D eigenvalue weighted by Crippen LogP contribution is -1.90. The van der Waals surface area contributed by atoms with Crippen LogP contribution in [0.3, 0.4) is 0 Å². The first-order valence-electron chi connectivity index (χ1n) is 5.13. The van der Waals surface area contributed by atoms with Gasteiger partial charge < -0.3 is 0 Å². The number of hydrogen-bond acceptors (Lipinski definition) is 1. The second-order valence-electron chi connectivity index (χ2n) is 3.70. The van der Waals surface area contributed by atoms with E-state index in [4.69, 9.17) is 11.6 Å². The van der Waals surface area contributed by atoms with Crippen LogP contribution in [-0.2, 0) is 0 Å². The van der Waals surface area contributed by atoms with E-state index in [9.17, 15) is 0 Å². The van der Waals surface area contributed by atoms with Crippen LogP contribution >= 0.6 is 27.5 Å². The van der Waals surface area contributed by atoms with E-state index in [1.807, 2.05) is 53.1 Å². The maximum absolute atomic E-state index is 6.20. The van der Waals surface area contributed by atoms with E-state index >= 15 is 0 Å². The van der Waals surface area contributed by atoms with Gasteiger partial charge in [-0.15, -0.1) is 0 Å². The van der Waals surface area contributed by atoms with Gasteiger partial charge in [0.2, 0.25) is 0 Å². The van der Waals surface area contributed by atoms with Crippen LogP contribution in [0.5, 0.6) is 0 Å². The zero-order valence-electron chi connectivity index (χ0n) is 8.77. The van der Waals surface area contributed by atoms with Crippen molar-refractivity contribution in [2.24, 2.45) is 0 Å². The van der Waals surface area contributed by atoms with Crippen molar-refractivity contribution >= 4 is 33.0 Å². The van der Waals surface area contributed by atoms with Gasteiger partial charge in [-0.2, -0.15) is 0 Å². The third kappa shape index (κ3) is 1.85. The topological polar surface area (TPSA) is 17.3 Å². The summed E-state index contributed by atoms with van der Waals surface area (Å²) < 4.78 is 2.98. The fourth-order valence-electron chi connectivity index (χ4n) is 1.81. The van der Waals surface area contributed by atoms with Gasteiger partial charge in [-0.05, 0) is 24.3 Å². The average molecular weight is 308 g/mol. The van der Waals surface area contributed by atoms with Crippen molar-refractivity contribution < 1.29 is 0 Å². The minimum Gasteiger partial charge on any atom is -0.283 e. The molecule has 0 N–H and O–H groups in total. The zero-order valence-corrected chi connectivity index (χ0v) is 11.1. The monoisotopic (exact) mass is 306 g/mol. The predicted molar refractivity (Wildman–Crippen MR) is 73.3 cm³/mol. The third-order valence-electron chi connectivity index (χ3n) is 2.61. The van der Waals surface area contributed by atoms with Crippen molar-refractivity contribution in [1.82, 2.24) is 9.38 Å². The molecule has 0 aliphatic heterocycles. The number of nitrogens with zero attached hydrogens (tertiary/aromatic N) is 2. The van der Waals surface area contributed by atoms with Crippen molar-refractivity contribution in [2.75, 3.05) is 0 Å². The van der Waals surface area contributed by atoms with Crippen LogP contribution in [0.4, 0.5) is 0 Å². The Balaban J connectivity index is 2.27. The Hall–Kier alpha value is -1.32. The molecule has 17 heavy (non-hydrogen) atoms. The number of hydrogen-bond donors (Lipinski definition) is 0. The minimum atomic E-state index is 0.665. The second kappa shape index (κ2) is 4.17. The summed E-state index contributed by atoms with van der Waals surface area (Å²) in [7, 11) is 0. The maximum atomic E-state index is 6.20. The van der Waals surface area contributed by atoms with Gasteiger partial charge in [0.05, 0.1) is 11.7 Å². The number of halogens is 2. The molecule has 0 unspecified atom stereocenters. The second-order valence-corrected chi connectivity index (χ2v) is 5.00. The standard InChI is InChI=1S/C13H8BrClN2/c14-10-6-4-9(5-7-10)13-16-8-11-2-1-3-12(15)17(11)13/h1-8H. The minimum absolute atomic E-state index is 0.665. The molecule has 84 valence electrons. The summed E-state index contributed by atoms with van der Waals surface area (Å²) in [5, 5.41) is 0.665. The summed E-state index contributed by atoms with van der Waals surface area (Å²) in [6, 6.07) is 13.8. The quantitative estimate of drug-likeness (QED) is 0.608. The van der Waals surface area contributed by atoms with Crippen molar-refractivity contribution in [1.29, 1.82) is 0 Å². The molecule has 0 spiro atoms. The normalized spacial score (nSPS) is 10.9. The van der Waals surface area contributed by atoms with E-state index in [0.717, 1.165) is 21.4 Å². The van der Waals surface area contributed by atoms with Crippen molar-refractivity contribution in [3.63, 3.8) is 0 Å². The van der Waals surface area contributed by atoms with E-state index in [1.165, 1.54) is 0 Å². The van der Waals surface area contributed by atoms with Crippen LogP contribution in [-0.4, -0.2) is 9.38 Å². The largest absolute Gasteiger partial charge is 0.283 e. The first-order chi connectivity index (χ1) is 8.25. The molecule has 0 saturated carbocycles. The Morgan fingerprint density at radius 3 is 2.59 bits per heavy atom. The highest BCUT2D eigenvalue weighted by molar-refractivity contribution is 9.10. The first-order valence-corrected chi connectivity index (χ1v) is 6.31. The maximum Gasteiger partial charge on any atom is 0.145 e. The summed E-state index contributed by atoms with van der Waals surface area (Å²) in [5.41, 5.74) is 2.04. The molecule has 0 aliphatic rings. The molecule has 0 saturated heterocycles. The van der Waals surface area contributed by atoms with E-state index < -0.39 is 0 Å². The number of aromatic nitrogens is 2. The lowest BCUT2D eigenvalue weighted by atomic mass is 10.2. The summed E-state index contributed by atoms with van der Waals surface area (Å²) in [6.45, 7) is 0. The number of fused-ring (bicyclic) bond motifs is 1. The molecular formula is C13H8BrClN2. The van der Waals surface area contributed by atoms with Gasteiger partial charge in [0.1, 0.15) is 11.0 Å².